The van der Waals surface area contributed by atoms with Crippen LogP contribution in [0.25, 0.3) is 0 Å². The summed E-state index contributed by atoms with van der Waals surface area (Å²) in [4.78, 5) is 0. The molecule has 0 aliphatic carbocycles. The van der Waals surface area contributed by atoms with Gasteiger partial charge in [-0.05, 0) is 41.5 Å². The Morgan fingerprint density at radius 3 is 1.47 bits per heavy atom. The van der Waals surface area contributed by atoms with E-state index in [1.807, 2.05) is 41.5 Å². The maximum absolute atomic E-state index is 5.90. The van der Waals surface area contributed by atoms with E-state index in [9.17, 15) is 0 Å². The van der Waals surface area contributed by atoms with Crippen LogP contribution < -0.4 is 0 Å². The number of hydrogen-bond donors (Lipinski definition) is 0. The van der Waals surface area contributed by atoms with Crippen molar-refractivity contribution in [1.29, 1.82) is 0 Å². The molecule has 0 amide bonds. The minimum atomic E-state index is -2.55. The second-order valence-electron chi connectivity index (χ2n) is 5.27. The molecule has 2 saturated heterocycles. The van der Waals surface area contributed by atoms with Gasteiger partial charge >= 0.3 is 8.17 Å². The molecular weight excluding hydrogens is 215 g/mol. The molecule has 88 valence electrons. The van der Waals surface area contributed by atoms with E-state index in [0.717, 1.165) is 0 Å². The van der Waals surface area contributed by atoms with Gasteiger partial charge < -0.3 is 0 Å². The Labute approximate surface area is 91.9 Å². The molecule has 5 heteroatoms. The topological polar surface area (TPSA) is 36.9 Å². The first kappa shape index (κ1) is 11.7. The molecule has 2 fully saturated rings. The van der Waals surface area contributed by atoms with Gasteiger partial charge in [0.05, 0.1) is 0 Å². The summed E-state index contributed by atoms with van der Waals surface area (Å²) in [5, 5.41) is 0. The summed E-state index contributed by atoms with van der Waals surface area (Å²) in [7, 11) is -2.55. The molecule has 0 radical (unpaired) electrons. The SMILES string of the molecule is CC1O[P+]2(OC1C)OC(C)(C)C(C)(C)O2. The van der Waals surface area contributed by atoms with Gasteiger partial charge in [-0.2, -0.15) is 0 Å². The molecule has 2 aliphatic rings. The Morgan fingerprint density at radius 2 is 1.13 bits per heavy atom. The van der Waals surface area contributed by atoms with E-state index in [1.54, 1.807) is 0 Å². The second-order valence-corrected chi connectivity index (χ2v) is 6.95. The summed E-state index contributed by atoms with van der Waals surface area (Å²) in [5.74, 6) is 0. The Hall–Kier alpha value is 0.270. The van der Waals surface area contributed by atoms with Crippen LogP contribution in [-0.4, -0.2) is 23.4 Å². The molecule has 0 bridgehead atoms. The third-order valence-corrected chi connectivity index (χ3v) is 5.92. The highest BCUT2D eigenvalue weighted by atomic mass is 31.2. The van der Waals surface area contributed by atoms with Gasteiger partial charge in [-0.1, -0.05) is 0 Å². The molecule has 1 spiro atoms. The van der Waals surface area contributed by atoms with Gasteiger partial charge in [0.2, 0.25) is 0 Å². The minimum Gasteiger partial charge on any atom is -0.147 e. The van der Waals surface area contributed by atoms with E-state index in [1.165, 1.54) is 0 Å². The fourth-order valence-corrected chi connectivity index (χ4v) is 4.46. The van der Waals surface area contributed by atoms with E-state index >= 15 is 0 Å². The molecule has 2 atom stereocenters. The third-order valence-electron chi connectivity index (χ3n) is 3.38. The average Bonchev–Trinajstić information content (AvgIpc) is 2.31. The Bertz CT molecular complexity index is 249. The zero-order valence-electron chi connectivity index (χ0n) is 10.2. The molecule has 4 nitrogen and oxygen atoms in total. The molecule has 0 saturated carbocycles. The maximum atomic E-state index is 5.90. The van der Waals surface area contributed by atoms with Crippen molar-refractivity contribution in [1.82, 2.24) is 0 Å². The molecule has 2 rings (SSSR count). The van der Waals surface area contributed by atoms with Gasteiger partial charge in [0.25, 0.3) is 0 Å². The Morgan fingerprint density at radius 1 is 0.800 bits per heavy atom. The zero-order chi connectivity index (χ0) is 11.5. The van der Waals surface area contributed by atoms with Crippen LogP contribution in [0.4, 0.5) is 0 Å². The highest BCUT2D eigenvalue weighted by Crippen LogP contribution is 2.77. The number of rotatable bonds is 0. The summed E-state index contributed by atoms with van der Waals surface area (Å²) in [6.07, 6.45) is 0.0612. The minimum absolute atomic E-state index is 0.0306. The summed E-state index contributed by atoms with van der Waals surface area (Å²) in [6, 6.07) is 0. The van der Waals surface area contributed by atoms with Gasteiger partial charge in [0, 0.05) is 0 Å². The molecular formula is C10H20O4P+. The number of hydrogen-bond acceptors (Lipinski definition) is 4. The quantitative estimate of drug-likeness (QED) is 0.604. The van der Waals surface area contributed by atoms with Gasteiger partial charge in [-0.15, -0.1) is 18.1 Å². The van der Waals surface area contributed by atoms with E-state index in [0.29, 0.717) is 0 Å². The van der Waals surface area contributed by atoms with E-state index in [2.05, 4.69) is 0 Å². The average molecular weight is 235 g/mol. The summed E-state index contributed by atoms with van der Waals surface area (Å²) in [6.45, 7) is 12.0. The third kappa shape index (κ3) is 1.73. The van der Waals surface area contributed by atoms with Gasteiger partial charge in [-0.25, -0.2) is 0 Å². The van der Waals surface area contributed by atoms with Crippen LogP contribution >= 0.6 is 8.17 Å². The van der Waals surface area contributed by atoms with Crippen LogP contribution in [0.1, 0.15) is 41.5 Å². The largest absolute Gasteiger partial charge is 0.577 e. The standard InChI is InChI=1S/C10H20O4P/c1-7-8(2)12-15(11-7)13-9(3,4)10(5,6)14-15/h7-8H,1-6H3/q+1. The van der Waals surface area contributed by atoms with Crippen molar-refractivity contribution in [2.45, 2.75) is 65.0 Å². The molecule has 0 aromatic carbocycles. The van der Waals surface area contributed by atoms with Crippen LogP contribution in [0, 0.1) is 0 Å². The summed E-state index contributed by atoms with van der Waals surface area (Å²) < 4.78 is 23.3. The van der Waals surface area contributed by atoms with Crippen molar-refractivity contribution >= 4 is 8.17 Å². The summed E-state index contributed by atoms with van der Waals surface area (Å²) in [5.41, 5.74) is -0.769. The zero-order valence-corrected chi connectivity index (χ0v) is 11.1. The first-order valence-corrected chi connectivity index (χ1v) is 6.81. The predicted molar refractivity (Wildman–Crippen MR) is 58.3 cm³/mol. The van der Waals surface area contributed by atoms with Gasteiger partial charge in [0.15, 0.2) is 0 Å². The van der Waals surface area contributed by atoms with Crippen molar-refractivity contribution in [3.8, 4) is 0 Å². The Kier molecular flexibility index (Phi) is 2.46. The molecule has 0 N–H and O–H groups in total. The predicted octanol–water partition coefficient (Wildman–Crippen LogP) is 3.09. The highest BCUT2D eigenvalue weighted by Gasteiger charge is 2.73. The lowest BCUT2D eigenvalue weighted by atomic mass is 9.90. The van der Waals surface area contributed by atoms with Crippen molar-refractivity contribution < 1.29 is 18.1 Å². The van der Waals surface area contributed by atoms with Crippen LogP contribution in [-0.2, 0) is 18.1 Å². The van der Waals surface area contributed by atoms with Gasteiger partial charge in [-0.3, -0.25) is 0 Å². The normalized spacial score (nSPS) is 41.2. The highest BCUT2D eigenvalue weighted by molar-refractivity contribution is 7.57. The van der Waals surface area contributed by atoms with E-state index in [4.69, 9.17) is 18.1 Å². The van der Waals surface area contributed by atoms with Crippen molar-refractivity contribution in [3.63, 3.8) is 0 Å². The van der Waals surface area contributed by atoms with Crippen molar-refractivity contribution in [2.24, 2.45) is 0 Å². The fourth-order valence-electron chi connectivity index (χ4n) is 1.49. The van der Waals surface area contributed by atoms with Crippen molar-refractivity contribution in [2.75, 3.05) is 0 Å². The molecule has 15 heavy (non-hydrogen) atoms. The molecule has 0 aromatic heterocycles. The lowest BCUT2D eigenvalue weighted by Gasteiger charge is -2.23. The molecule has 2 aliphatic heterocycles. The van der Waals surface area contributed by atoms with Gasteiger partial charge in [0.1, 0.15) is 23.4 Å². The van der Waals surface area contributed by atoms with Crippen LogP contribution in [0.2, 0.25) is 0 Å². The lowest BCUT2D eigenvalue weighted by molar-refractivity contribution is 0.00578. The second kappa shape index (κ2) is 3.14. The fraction of sp³-hybridized carbons (Fsp3) is 1.00. The smallest absolute Gasteiger partial charge is 0.147 e. The van der Waals surface area contributed by atoms with Crippen LogP contribution in [0.5, 0.6) is 0 Å². The van der Waals surface area contributed by atoms with E-state index < -0.39 is 8.17 Å². The van der Waals surface area contributed by atoms with Crippen molar-refractivity contribution in [3.05, 3.63) is 0 Å². The van der Waals surface area contributed by atoms with Crippen LogP contribution in [0.15, 0.2) is 0 Å². The summed E-state index contributed by atoms with van der Waals surface area (Å²) >= 11 is 0. The monoisotopic (exact) mass is 235 g/mol. The maximum Gasteiger partial charge on any atom is 0.577 e. The molecule has 2 unspecified atom stereocenters. The van der Waals surface area contributed by atoms with Crippen LogP contribution in [0.3, 0.4) is 0 Å². The first-order valence-electron chi connectivity index (χ1n) is 5.35. The molecule has 2 heterocycles. The first-order chi connectivity index (χ1) is 6.68. The van der Waals surface area contributed by atoms with E-state index in [-0.39, 0.29) is 23.4 Å². The Balaban J connectivity index is 2.22. The lowest BCUT2D eigenvalue weighted by Crippen LogP contribution is -2.41. The molecule has 0 aromatic rings.